The number of nitriles is 1. The topological polar surface area (TPSA) is 74.1 Å². The van der Waals surface area contributed by atoms with E-state index in [1.165, 1.54) is 31.4 Å². The molecule has 164 valence electrons. The molecule has 0 atom stereocenters. The first-order valence-electron chi connectivity index (χ1n) is 8.16. The molecule has 0 aliphatic heterocycles. The Kier molecular flexibility index (Phi) is 7.07. The second-order valence-corrected chi connectivity index (χ2v) is 6.32. The van der Waals surface area contributed by atoms with Crippen molar-refractivity contribution < 1.29 is 35.9 Å². The zero-order valence-corrected chi connectivity index (χ0v) is 16.2. The lowest BCUT2D eigenvalue weighted by molar-refractivity contribution is -0.143. The van der Waals surface area contributed by atoms with Gasteiger partial charge in [0.2, 0.25) is 0 Å². The van der Waals surface area contributed by atoms with Crippen LogP contribution in [0.25, 0.3) is 0 Å². The number of halogens is 7. The van der Waals surface area contributed by atoms with Gasteiger partial charge in [0.1, 0.15) is 17.4 Å². The highest BCUT2D eigenvalue weighted by molar-refractivity contribution is 6.32. The zero-order chi connectivity index (χ0) is 23.4. The summed E-state index contributed by atoms with van der Waals surface area (Å²) < 4.78 is 82.4. The largest absolute Gasteiger partial charge is 0.495 e. The number of hydrogen-bond donors (Lipinski definition) is 2. The van der Waals surface area contributed by atoms with Crippen molar-refractivity contribution in [1.82, 2.24) is 0 Å². The van der Waals surface area contributed by atoms with E-state index >= 15 is 0 Å². The second-order valence-electron chi connectivity index (χ2n) is 5.91. The Labute approximate surface area is 176 Å². The van der Waals surface area contributed by atoms with Crippen molar-refractivity contribution >= 4 is 28.9 Å². The SMILES string of the molecule is COc1ccc(NC(=O)/C(C#N)=C\Nc2cc(C(F)(F)F)cc(C(F)(F)F)c2)cc1Cl. The van der Waals surface area contributed by atoms with E-state index in [2.05, 4.69) is 10.6 Å². The Morgan fingerprint density at radius 3 is 2.06 bits per heavy atom. The van der Waals surface area contributed by atoms with Crippen LogP contribution in [-0.4, -0.2) is 13.0 Å². The van der Waals surface area contributed by atoms with Crippen LogP contribution in [0.1, 0.15) is 11.1 Å². The van der Waals surface area contributed by atoms with E-state index in [-0.39, 0.29) is 16.8 Å². The number of alkyl halides is 6. The lowest BCUT2D eigenvalue weighted by atomic mass is 10.1. The Hall–Kier alpha value is -3.39. The van der Waals surface area contributed by atoms with Crippen molar-refractivity contribution in [3.8, 4) is 11.8 Å². The summed E-state index contributed by atoms with van der Waals surface area (Å²) >= 11 is 5.92. The Morgan fingerprint density at radius 2 is 1.61 bits per heavy atom. The molecule has 12 heteroatoms. The molecule has 0 aromatic heterocycles. The Morgan fingerprint density at radius 1 is 1.03 bits per heavy atom. The van der Waals surface area contributed by atoms with Crippen LogP contribution in [0.4, 0.5) is 37.7 Å². The van der Waals surface area contributed by atoms with Crippen molar-refractivity contribution in [2.24, 2.45) is 0 Å². The number of anilines is 2. The van der Waals surface area contributed by atoms with Gasteiger partial charge in [0.05, 0.1) is 23.3 Å². The number of nitrogens with zero attached hydrogens (tertiary/aromatic N) is 1. The van der Waals surface area contributed by atoms with E-state index in [9.17, 15) is 31.1 Å². The minimum atomic E-state index is -5.04. The van der Waals surface area contributed by atoms with Crippen LogP contribution in [0.2, 0.25) is 5.02 Å². The molecule has 31 heavy (non-hydrogen) atoms. The lowest BCUT2D eigenvalue weighted by Crippen LogP contribution is -2.15. The van der Waals surface area contributed by atoms with Crippen LogP contribution in [-0.2, 0) is 17.1 Å². The number of carbonyl (C=O) groups excluding carboxylic acids is 1. The van der Waals surface area contributed by atoms with E-state index in [0.29, 0.717) is 24.1 Å². The lowest BCUT2D eigenvalue weighted by Gasteiger charge is -2.14. The predicted octanol–water partition coefficient (Wildman–Crippen LogP) is 5.84. The molecule has 0 aliphatic carbocycles. The maximum atomic E-state index is 12.9. The van der Waals surface area contributed by atoms with E-state index in [4.69, 9.17) is 21.6 Å². The number of ether oxygens (including phenoxy) is 1. The molecule has 0 spiro atoms. The molecule has 2 rings (SSSR count). The van der Waals surface area contributed by atoms with Gasteiger partial charge in [-0.2, -0.15) is 31.6 Å². The molecule has 5 nitrogen and oxygen atoms in total. The molecule has 0 unspecified atom stereocenters. The summed E-state index contributed by atoms with van der Waals surface area (Å²) in [5.74, 6) is -0.651. The molecule has 0 bridgehead atoms. The van der Waals surface area contributed by atoms with Gasteiger partial charge < -0.3 is 15.4 Å². The smallest absolute Gasteiger partial charge is 0.416 e. The van der Waals surface area contributed by atoms with Crippen LogP contribution in [0.15, 0.2) is 48.2 Å². The first-order valence-corrected chi connectivity index (χ1v) is 8.54. The van der Waals surface area contributed by atoms with Gasteiger partial charge in [0.25, 0.3) is 5.91 Å². The number of rotatable bonds is 5. The summed E-state index contributed by atoms with van der Waals surface area (Å²) in [6.07, 6.45) is -9.38. The molecule has 0 aliphatic rings. The van der Waals surface area contributed by atoms with Crippen LogP contribution >= 0.6 is 11.6 Å². The van der Waals surface area contributed by atoms with Gasteiger partial charge in [-0.1, -0.05) is 11.6 Å². The van der Waals surface area contributed by atoms with Gasteiger partial charge in [-0.25, -0.2) is 0 Å². The normalized spacial score (nSPS) is 12.2. The van der Waals surface area contributed by atoms with E-state index in [1.54, 1.807) is 0 Å². The maximum absolute atomic E-state index is 12.9. The number of nitrogens with one attached hydrogen (secondary N) is 2. The van der Waals surface area contributed by atoms with Crippen molar-refractivity contribution in [2.75, 3.05) is 17.7 Å². The maximum Gasteiger partial charge on any atom is 0.416 e. The third kappa shape index (κ3) is 6.29. The van der Waals surface area contributed by atoms with E-state index < -0.39 is 40.6 Å². The molecule has 0 radical (unpaired) electrons. The van der Waals surface area contributed by atoms with Gasteiger partial charge in [-0.15, -0.1) is 0 Å². The molecular weight excluding hydrogens is 452 g/mol. The average Bonchev–Trinajstić information content (AvgIpc) is 2.67. The average molecular weight is 464 g/mol. The quantitative estimate of drug-likeness (QED) is 0.332. The van der Waals surface area contributed by atoms with Crippen molar-refractivity contribution in [2.45, 2.75) is 12.4 Å². The first kappa shape index (κ1) is 23.9. The van der Waals surface area contributed by atoms with Crippen molar-refractivity contribution in [3.63, 3.8) is 0 Å². The van der Waals surface area contributed by atoms with Gasteiger partial charge in [-0.3, -0.25) is 4.79 Å². The van der Waals surface area contributed by atoms with E-state index in [1.807, 2.05) is 0 Å². The highest BCUT2D eigenvalue weighted by atomic mass is 35.5. The second kappa shape index (κ2) is 9.18. The predicted molar refractivity (Wildman–Crippen MR) is 100 cm³/mol. The number of hydrogen-bond acceptors (Lipinski definition) is 4. The van der Waals surface area contributed by atoms with Gasteiger partial charge in [0, 0.05) is 17.6 Å². The summed E-state index contributed by atoms with van der Waals surface area (Å²) in [4.78, 5) is 12.2. The fourth-order valence-corrected chi connectivity index (χ4v) is 2.54. The molecule has 2 aromatic rings. The Balaban J connectivity index is 2.28. The Bertz CT molecular complexity index is 1030. The van der Waals surface area contributed by atoms with Gasteiger partial charge in [0.15, 0.2) is 0 Å². The number of carbonyl (C=O) groups is 1. The van der Waals surface area contributed by atoms with Crippen LogP contribution in [0.3, 0.4) is 0 Å². The molecule has 0 heterocycles. The fraction of sp³-hybridized carbons (Fsp3) is 0.158. The van der Waals surface area contributed by atoms with Crippen LogP contribution < -0.4 is 15.4 Å². The van der Waals surface area contributed by atoms with Crippen molar-refractivity contribution in [3.05, 3.63) is 64.3 Å². The zero-order valence-electron chi connectivity index (χ0n) is 15.5. The number of benzene rings is 2. The van der Waals surface area contributed by atoms with Crippen LogP contribution in [0, 0.1) is 11.3 Å². The number of amides is 1. The number of methoxy groups -OCH3 is 1. The highest BCUT2D eigenvalue weighted by Crippen LogP contribution is 2.37. The third-order valence-corrected chi connectivity index (χ3v) is 4.04. The highest BCUT2D eigenvalue weighted by Gasteiger charge is 2.36. The minimum absolute atomic E-state index is 0.0414. The molecule has 1 amide bonds. The summed E-state index contributed by atoms with van der Waals surface area (Å²) in [6, 6.07) is 6.47. The van der Waals surface area contributed by atoms with Gasteiger partial charge >= 0.3 is 12.4 Å². The third-order valence-electron chi connectivity index (χ3n) is 3.75. The summed E-state index contributed by atoms with van der Waals surface area (Å²) in [5, 5.41) is 13.7. The summed E-state index contributed by atoms with van der Waals surface area (Å²) in [7, 11) is 1.37. The molecule has 0 saturated heterocycles. The molecule has 0 fully saturated rings. The molecular formula is C19H12ClF6N3O2. The van der Waals surface area contributed by atoms with E-state index in [0.717, 1.165) is 0 Å². The van der Waals surface area contributed by atoms with Crippen LogP contribution in [0.5, 0.6) is 5.75 Å². The van der Waals surface area contributed by atoms with Crippen molar-refractivity contribution in [1.29, 1.82) is 5.26 Å². The molecule has 0 saturated carbocycles. The standard InChI is InChI=1S/C19H12ClF6N3O2/c1-31-16-3-2-13(7-15(16)20)29-17(30)10(8-27)9-28-14-5-11(18(21,22)23)4-12(6-14)19(24,25)26/h2-7,9,28H,1H3,(H,29,30)/b10-9-. The monoisotopic (exact) mass is 463 g/mol. The first-order chi connectivity index (χ1) is 14.3. The fourth-order valence-electron chi connectivity index (χ4n) is 2.28. The minimum Gasteiger partial charge on any atom is -0.495 e. The van der Waals surface area contributed by atoms with Gasteiger partial charge in [-0.05, 0) is 36.4 Å². The molecule has 2 N–H and O–H groups in total. The summed E-state index contributed by atoms with van der Waals surface area (Å²) in [5.41, 5.74) is -4.15. The summed E-state index contributed by atoms with van der Waals surface area (Å²) in [6.45, 7) is 0. The molecule has 2 aromatic carbocycles.